The number of alkyl halides is 1. The monoisotopic (exact) mass is 234 g/mol. The summed E-state index contributed by atoms with van der Waals surface area (Å²) in [5.74, 6) is 0. The van der Waals surface area contributed by atoms with Crippen molar-refractivity contribution in [1.82, 2.24) is 0 Å². The molecule has 0 unspecified atom stereocenters. The van der Waals surface area contributed by atoms with Gasteiger partial charge in [0, 0.05) is 10.2 Å². The van der Waals surface area contributed by atoms with Gasteiger partial charge in [-0.2, -0.15) is 0 Å². The molecular formula is C8H11BrOS. The smallest absolute Gasteiger partial charge is 0.173 e. The Labute approximate surface area is 79.5 Å². The quantitative estimate of drug-likeness (QED) is 0.728. The van der Waals surface area contributed by atoms with Crippen LogP contribution in [0.25, 0.3) is 0 Å². The van der Waals surface area contributed by atoms with Gasteiger partial charge in [0.15, 0.2) is 5.06 Å². The third-order valence-corrected chi connectivity index (χ3v) is 3.06. The first-order chi connectivity index (χ1) is 5.36. The van der Waals surface area contributed by atoms with E-state index >= 15 is 0 Å². The first kappa shape index (κ1) is 9.07. The topological polar surface area (TPSA) is 9.23 Å². The molecule has 1 aromatic rings. The van der Waals surface area contributed by atoms with E-state index in [1.807, 2.05) is 6.07 Å². The molecule has 0 fully saturated rings. The van der Waals surface area contributed by atoms with Crippen LogP contribution in [0.2, 0.25) is 0 Å². The van der Waals surface area contributed by atoms with E-state index < -0.39 is 0 Å². The highest BCUT2D eigenvalue weighted by Gasteiger charge is 1.97. The van der Waals surface area contributed by atoms with E-state index in [1.165, 1.54) is 11.3 Å². The molecule has 62 valence electrons. The molecule has 0 bridgehead atoms. The van der Waals surface area contributed by atoms with Crippen molar-refractivity contribution in [3.63, 3.8) is 0 Å². The van der Waals surface area contributed by atoms with Gasteiger partial charge in [-0.1, -0.05) is 15.9 Å². The van der Waals surface area contributed by atoms with Crippen LogP contribution in [0.3, 0.4) is 0 Å². The SMILES string of the molecule is COc1ccc(CCCBr)s1. The number of hydrogen-bond donors (Lipinski definition) is 0. The van der Waals surface area contributed by atoms with Crippen LogP contribution in [0.1, 0.15) is 11.3 Å². The molecule has 0 aromatic carbocycles. The van der Waals surface area contributed by atoms with Crippen molar-refractivity contribution >= 4 is 27.3 Å². The predicted molar refractivity (Wildman–Crippen MR) is 53.0 cm³/mol. The number of hydrogen-bond acceptors (Lipinski definition) is 2. The summed E-state index contributed by atoms with van der Waals surface area (Å²) in [5.41, 5.74) is 0. The zero-order valence-corrected chi connectivity index (χ0v) is 8.87. The van der Waals surface area contributed by atoms with E-state index in [1.54, 1.807) is 18.4 Å². The summed E-state index contributed by atoms with van der Waals surface area (Å²) in [6.07, 6.45) is 2.35. The van der Waals surface area contributed by atoms with Crippen LogP contribution in [0.4, 0.5) is 0 Å². The molecule has 0 aliphatic heterocycles. The van der Waals surface area contributed by atoms with E-state index in [0.717, 1.165) is 16.8 Å². The standard InChI is InChI=1S/C8H11BrOS/c1-10-8-5-4-7(11-8)3-2-6-9/h4-5H,2-3,6H2,1H3. The molecule has 0 amide bonds. The Morgan fingerprint density at radius 1 is 1.55 bits per heavy atom. The third kappa shape index (κ3) is 2.83. The second-order valence-corrected chi connectivity index (χ2v) is 4.14. The molecule has 0 atom stereocenters. The van der Waals surface area contributed by atoms with E-state index in [0.29, 0.717) is 0 Å². The number of methoxy groups -OCH3 is 1. The highest BCUT2D eigenvalue weighted by atomic mass is 79.9. The molecule has 0 aliphatic rings. The Bertz CT molecular complexity index is 210. The Balaban J connectivity index is 2.44. The van der Waals surface area contributed by atoms with Crippen molar-refractivity contribution in [1.29, 1.82) is 0 Å². The van der Waals surface area contributed by atoms with Crippen LogP contribution >= 0.6 is 27.3 Å². The molecule has 1 rings (SSSR count). The lowest BCUT2D eigenvalue weighted by Gasteiger charge is -1.92. The summed E-state index contributed by atoms with van der Waals surface area (Å²) >= 11 is 5.13. The van der Waals surface area contributed by atoms with E-state index in [9.17, 15) is 0 Å². The van der Waals surface area contributed by atoms with Gasteiger partial charge in [-0.05, 0) is 25.0 Å². The van der Waals surface area contributed by atoms with Gasteiger partial charge in [0.25, 0.3) is 0 Å². The summed E-state index contributed by atoms with van der Waals surface area (Å²) in [5, 5.41) is 2.09. The summed E-state index contributed by atoms with van der Waals surface area (Å²) < 4.78 is 5.08. The van der Waals surface area contributed by atoms with Crippen LogP contribution in [0.15, 0.2) is 12.1 Å². The molecule has 3 heteroatoms. The lowest BCUT2D eigenvalue weighted by molar-refractivity contribution is 0.427. The maximum Gasteiger partial charge on any atom is 0.173 e. The van der Waals surface area contributed by atoms with Crippen LogP contribution in [-0.2, 0) is 6.42 Å². The third-order valence-electron chi connectivity index (χ3n) is 1.39. The second kappa shape index (κ2) is 4.78. The maximum absolute atomic E-state index is 5.08. The molecule has 11 heavy (non-hydrogen) atoms. The number of aryl methyl sites for hydroxylation is 1. The van der Waals surface area contributed by atoms with E-state index in [-0.39, 0.29) is 0 Å². The first-order valence-electron chi connectivity index (χ1n) is 3.55. The predicted octanol–water partition coefficient (Wildman–Crippen LogP) is 3.08. The molecule has 0 spiro atoms. The Kier molecular flexibility index (Phi) is 3.94. The second-order valence-electron chi connectivity index (χ2n) is 2.22. The van der Waals surface area contributed by atoms with Crippen molar-refractivity contribution in [2.45, 2.75) is 12.8 Å². The van der Waals surface area contributed by atoms with Gasteiger partial charge < -0.3 is 4.74 Å². The fourth-order valence-electron chi connectivity index (χ4n) is 0.843. The number of halogens is 1. The summed E-state index contributed by atoms with van der Waals surface area (Å²) in [4.78, 5) is 1.40. The average Bonchev–Trinajstić information content (AvgIpc) is 2.48. The van der Waals surface area contributed by atoms with Crippen LogP contribution in [0.5, 0.6) is 5.06 Å². The molecule has 0 saturated carbocycles. The first-order valence-corrected chi connectivity index (χ1v) is 5.49. The van der Waals surface area contributed by atoms with Gasteiger partial charge in [-0.3, -0.25) is 0 Å². The minimum absolute atomic E-state index is 1.01. The number of rotatable bonds is 4. The molecule has 0 radical (unpaired) electrons. The summed E-state index contributed by atoms with van der Waals surface area (Å²) in [7, 11) is 1.71. The summed E-state index contributed by atoms with van der Waals surface area (Å²) in [6, 6.07) is 4.15. The Hall–Kier alpha value is -0.0200. The Morgan fingerprint density at radius 3 is 2.91 bits per heavy atom. The molecular weight excluding hydrogens is 224 g/mol. The zero-order valence-electron chi connectivity index (χ0n) is 6.47. The lowest BCUT2D eigenvalue weighted by atomic mass is 10.3. The molecule has 0 aliphatic carbocycles. The zero-order chi connectivity index (χ0) is 8.10. The van der Waals surface area contributed by atoms with Crippen LogP contribution in [0, 0.1) is 0 Å². The molecule has 1 nitrogen and oxygen atoms in total. The normalized spacial score (nSPS) is 10.0. The Morgan fingerprint density at radius 2 is 2.36 bits per heavy atom. The van der Waals surface area contributed by atoms with Crippen molar-refractivity contribution in [3.05, 3.63) is 17.0 Å². The van der Waals surface area contributed by atoms with Crippen LogP contribution < -0.4 is 4.74 Å². The van der Waals surface area contributed by atoms with Gasteiger partial charge in [0.2, 0.25) is 0 Å². The maximum atomic E-state index is 5.08. The molecule has 0 saturated heterocycles. The van der Waals surface area contributed by atoms with Crippen molar-refractivity contribution in [2.24, 2.45) is 0 Å². The van der Waals surface area contributed by atoms with Crippen LogP contribution in [-0.4, -0.2) is 12.4 Å². The van der Waals surface area contributed by atoms with Gasteiger partial charge in [0.05, 0.1) is 7.11 Å². The average molecular weight is 235 g/mol. The largest absolute Gasteiger partial charge is 0.487 e. The fourth-order valence-corrected chi connectivity index (χ4v) is 1.98. The molecule has 1 aromatic heterocycles. The lowest BCUT2D eigenvalue weighted by Crippen LogP contribution is -1.79. The number of thiophene rings is 1. The molecule has 0 N–H and O–H groups in total. The van der Waals surface area contributed by atoms with Gasteiger partial charge >= 0.3 is 0 Å². The molecule has 1 heterocycles. The fraction of sp³-hybridized carbons (Fsp3) is 0.500. The van der Waals surface area contributed by atoms with E-state index in [4.69, 9.17) is 4.74 Å². The number of ether oxygens (including phenoxy) is 1. The van der Waals surface area contributed by atoms with Gasteiger partial charge in [0.1, 0.15) is 0 Å². The minimum atomic E-state index is 1.01. The highest BCUT2D eigenvalue weighted by molar-refractivity contribution is 9.09. The van der Waals surface area contributed by atoms with Crippen molar-refractivity contribution < 1.29 is 4.74 Å². The minimum Gasteiger partial charge on any atom is -0.487 e. The van der Waals surface area contributed by atoms with E-state index in [2.05, 4.69) is 22.0 Å². The summed E-state index contributed by atoms with van der Waals surface area (Å²) in [6.45, 7) is 0. The van der Waals surface area contributed by atoms with Gasteiger partial charge in [-0.25, -0.2) is 0 Å². The van der Waals surface area contributed by atoms with Gasteiger partial charge in [-0.15, -0.1) is 11.3 Å². The van der Waals surface area contributed by atoms with Crippen molar-refractivity contribution in [3.8, 4) is 5.06 Å². The highest BCUT2D eigenvalue weighted by Crippen LogP contribution is 2.24. The van der Waals surface area contributed by atoms with Crippen molar-refractivity contribution in [2.75, 3.05) is 12.4 Å².